The van der Waals surface area contributed by atoms with Crippen molar-refractivity contribution >= 4 is 23.2 Å². The molecule has 0 aliphatic carbocycles. The number of rotatable bonds is 6. The third-order valence-electron chi connectivity index (χ3n) is 3.74. The van der Waals surface area contributed by atoms with Gasteiger partial charge in [-0.3, -0.25) is 9.69 Å². The average molecular weight is 333 g/mol. The summed E-state index contributed by atoms with van der Waals surface area (Å²) in [6.07, 6.45) is 0. The zero-order valence-corrected chi connectivity index (χ0v) is 14.3. The molecule has 1 N–H and O–H groups in total. The highest BCUT2D eigenvalue weighted by molar-refractivity contribution is 6.33. The number of anilines is 1. The van der Waals surface area contributed by atoms with E-state index < -0.39 is 0 Å². The molecule has 0 aliphatic rings. The number of hydrogen-bond donors (Lipinski definition) is 1. The number of benzene rings is 2. The van der Waals surface area contributed by atoms with Crippen LogP contribution in [-0.4, -0.2) is 31.0 Å². The molecule has 0 bridgehead atoms. The van der Waals surface area contributed by atoms with E-state index in [4.69, 9.17) is 16.3 Å². The van der Waals surface area contributed by atoms with Gasteiger partial charge in [0.1, 0.15) is 5.75 Å². The van der Waals surface area contributed by atoms with Crippen molar-refractivity contribution in [3.05, 3.63) is 59.1 Å². The number of carbonyl (C=O) groups is 1. The van der Waals surface area contributed by atoms with Gasteiger partial charge in [-0.1, -0.05) is 35.9 Å². The molecule has 2 rings (SSSR count). The summed E-state index contributed by atoms with van der Waals surface area (Å²) in [4.78, 5) is 14.4. The predicted octanol–water partition coefficient (Wildman–Crippen LogP) is 3.81. The number of ether oxygens (including phenoxy) is 1. The number of carbonyl (C=O) groups excluding carboxylic acids is 1. The van der Waals surface area contributed by atoms with Gasteiger partial charge in [0.25, 0.3) is 0 Å². The van der Waals surface area contributed by atoms with E-state index in [9.17, 15) is 4.79 Å². The van der Waals surface area contributed by atoms with Crippen molar-refractivity contribution < 1.29 is 9.53 Å². The van der Waals surface area contributed by atoms with E-state index in [1.807, 2.05) is 55.3 Å². The van der Waals surface area contributed by atoms with E-state index in [0.29, 0.717) is 17.3 Å². The summed E-state index contributed by atoms with van der Waals surface area (Å²) in [7, 11) is 3.55. The molecule has 122 valence electrons. The van der Waals surface area contributed by atoms with Gasteiger partial charge in [0.05, 0.1) is 23.9 Å². The molecule has 2 aromatic carbocycles. The van der Waals surface area contributed by atoms with Crippen molar-refractivity contribution in [1.82, 2.24) is 4.90 Å². The summed E-state index contributed by atoms with van der Waals surface area (Å²) in [5.74, 6) is 0.715. The van der Waals surface area contributed by atoms with Gasteiger partial charge in [0, 0.05) is 6.54 Å². The van der Waals surface area contributed by atoms with Crippen molar-refractivity contribution in [3.8, 4) is 5.75 Å². The number of para-hydroxylation sites is 1. The van der Waals surface area contributed by atoms with Crippen molar-refractivity contribution in [2.75, 3.05) is 19.5 Å². The number of amides is 1. The van der Waals surface area contributed by atoms with Crippen LogP contribution >= 0.6 is 11.6 Å². The van der Waals surface area contributed by atoms with Crippen LogP contribution in [0.1, 0.15) is 12.5 Å². The molecule has 23 heavy (non-hydrogen) atoms. The Bertz CT molecular complexity index is 676. The molecule has 0 spiro atoms. The molecule has 1 atom stereocenters. The number of nitrogens with zero attached hydrogens (tertiary/aromatic N) is 1. The van der Waals surface area contributed by atoms with Crippen molar-refractivity contribution in [3.63, 3.8) is 0 Å². The van der Waals surface area contributed by atoms with E-state index in [-0.39, 0.29) is 11.9 Å². The summed E-state index contributed by atoms with van der Waals surface area (Å²) in [6, 6.07) is 14.7. The van der Waals surface area contributed by atoms with Gasteiger partial charge >= 0.3 is 0 Å². The van der Waals surface area contributed by atoms with Crippen LogP contribution in [0.15, 0.2) is 48.5 Å². The molecule has 0 saturated carbocycles. The van der Waals surface area contributed by atoms with Crippen LogP contribution in [0.25, 0.3) is 0 Å². The van der Waals surface area contributed by atoms with Gasteiger partial charge in [0.15, 0.2) is 0 Å². The molecule has 0 unspecified atom stereocenters. The Morgan fingerprint density at radius 2 is 2.00 bits per heavy atom. The molecule has 5 heteroatoms. The Morgan fingerprint density at radius 3 is 2.70 bits per heavy atom. The zero-order valence-electron chi connectivity index (χ0n) is 13.5. The Morgan fingerprint density at radius 1 is 1.26 bits per heavy atom. The van der Waals surface area contributed by atoms with Gasteiger partial charge in [-0.05, 0) is 43.8 Å². The Kier molecular flexibility index (Phi) is 6.02. The molecule has 0 aliphatic heterocycles. The molecule has 1 amide bonds. The highest BCUT2D eigenvalue weighted by Gasteiger charge is 2.19. The Labute approximate surface area is 142 Å². The second-order valence-corrected chi connectivity index (χ2v) is 5.82. The SMILES string of the molecule is COc1cccc(CN(C)[C@H](C)C(=O)Nc2ccccc2Cl)c1. The van der Waals surface area contributed by atoms with Gasteiger partial charge in [-0.15, -0.1) is 0 Å². The molecule has 0 radical (unpaired) electrons. The second-order valence-electron chi connectivity index (χ2n) is 5.41. The first kappa shape index (κ1) is 17.3. The highest BCUT2D eigenvalue weighted by atomic mass is 35.5. The molecule has 4 nitrogen and oxygen atoms in total. The molecule has 0 saturated heterocycles. The number of nitrogens with one attached hydrogen (secondary N) is 1. The van der Waals surface area contributed by atoms with Crippen LogP contribution in [0.4, 0.5) is 5.69 Å². The fourth-order valence-electron chi connectivity index (χ4n) is 2.20. The lowest BCUT2D eigenvalue weighted by Crippen LogP contribution is -2.39. The molecule has 0 fully saturated rings. The normalized spacial score (nSPS) is 12.0. The fraction of sp³-hybridized carbons (Fsp3) is 0.278. The smallest absolute Gasteiger partial charge is 0.241 e. The van der Waals surface area contributed by atoms with Crippen LogP contribution in [0, 0.1) is 0 Å². The fourth-order valence-corrected chi connectivity index (χ4v) is 2.38. The summed E-state index contributed by atoms with van der Waals surface area (Å²) in [5, 5.41) is 3.39. The van der Waals surface area contributed by atoms with Gasteiger partial charge < -0.3 is 10.1 Å². The molecule has 0 heterocycles. The maximum Gasteiger partial charge on any atom is 0.241 e. The van der Waals surface area contributed by atoms with E-state index in [1.165, 1.54) is 0 Å². The first-order valence-corrected chi connectivity index (χ1v) is 7.77. The van der Waals surface area contributed by atoms with Gasteiger partial charge in [0.2, 0.25) is 5.91 Å². The van der Waals surface area contributed by atoms with Crippen molar-refractivity contribution in [1.29, 1.82) is 0 Å². The number of halogens is 1. The van der Waals surface area contributed by atoms with Crippen molar-refractivity contribution in [2.45, 2.75) is 19.5 Å². The number of methoxy groups -OCH3 is 1. The second kappa shape index (κ2) is 7.99. The minimum absolute atomic E-state index is 0.0940. The van der Waals surface area contributed by atoms with E-state index in [1.54, 1.807) is 19.2 Å². The van der Waals surface area contributed by atoms with Gasteiger partial charge in [-0.25, -0.2) is 0 Å². The number of hydrogen-bond acceptors (Lipinski definition) is 3. The van der Waals surface area contributed by atoms with Gasteiger partial charge in [-0.2, -0.15) is 0 Å². The van der Waals surface area contributed by atoms with Crippen LogP contribution in [-0.2, 0) is 11.3 Å². The largest absolute Gasteiger partial charge is 0.497 e. The van der Waals surface area contributed by atoms with E-state index >= 15 is 0 Å². The Hall–Kier alpha value is -2.04. The molecule has 2 aromatic rings. The Balaban J connectivity index is 1.99. The quantitative estimate of drug-likeness (QED) is 0.874. The van der Waals surface area contributed by atoms with E-state index in [2.05, 4.69) is 5.32 Å². The first-order chi connectivity index (χ1) is 11.0. The lowest BCUT2D eigenvalue weighted by Gasteiger charge is -2.24. The van der Waals surface area contributed by atoms with E-state index in [0.717, 1.165) is 11.3 Å². The third-order valence-corrected chi connectivity index (χ3v) is 4.07. The predicted molar refractivity (Wildman–Crippen MR) is 94.0 cm³/mol. The summed E-state index contributed by atoms with van der Waals surface area (Å²) in [5.41, 5.74) is 1.71. The average Bonchev–Trinajstić information content (AvgIpc) is 2.56. The molecular weight excluding hydrogens is 312 g/mol. The van der Waals surface area contributed by atoms with Crippen LogP contribution in [0.2, 0.25) is 5.02 Å². The summed E-state index contributed by atoms with van der Waals surface area (Å²) < 4.78 is 5.22. The van der Waals surface area contributed by atoms with Crippen molar-refractivity contribution in [2.24, 2.45) is 0 Å². The molecule has 0 aromatic heterocycles. The van der Waals surface area contributed by atoms with Crippen LogP contribution in [0.3, 0.4) is 0 Å². The minimum atomic E-state index is -0.294. The maximum atomic E-state index is 12.4. The monoisotopic (exact) mass is 332 g/mol. The number of likely N-dealkylation sites (N-methyl/N-ethyl adjacent to an activating group) is 1. The lowest BCUT2D eigenvalue weighted by molar-refractivity contribution is -0.120. The third kappa shape index (κ3) is 4.71. The topological polar surface area (TPSA) is 41.6 Å². The summed E-state index contributed by atoms with van der Waals surface area (Å²) >= 11 is 6.07. The maximum absolute atomic E-state index is 12.4. The highest BCUT2D eigenvalue weighted by Crippen LogP contribution is 2.21. The van der Waals surface area contributed by atoms with Crippen LogP contribution < -0.4 is 10.1 Å². The first-order valence-electron chi connectivity index (χ1n) is 7.40. The zero-order chi connectivity index (χ0) is 16.8. The lowest BCUT2D eigenvalue weighted by atomic mass is 10.1. The molecular formula is C18H21ClN2O2. The summed E-state index contributed by atoms with van der Waals surface area (Å²) in [6.45, 7) is 2.51. The standard InChI is InChI=1S/C18H21ClN2O2/c1-13(18(22)20-17-10-5-4-9-16(17)19)21(2)12-14-7-6-8-15(11-14)23-3/h4-11,13H,12H2,1-3H3,(H,20,22)/t13-/m1/s1. The van der Waals surface area contributed by atoms with Crippen LogP contribution in [0.5, 0.6) is 5.75 Å². The minimum Gasteiger partial charge on any atom is -0.497 e.